The molecule has 0 radical (unpaired) electrons. The third kappa shape index (κ3) is 2.27. The van der Waals surface area contributed by atoms with Crippen molar-refractivity contribution >= 4 is 11.9 Å². The van der Waals surface area contributed by atoms with E-state index in [2.05, 4.69) is 9.97 Å². The summed E-state index contributed by atoms with van der Waals surface area (Å²) in [5.74, 6) is 0.0262. The van der Waals surface area contributed by atoms with Crippen molar-refractivity contribution in [3.05, 3.63) is 29.9 Å². The molecule has 1 rings (SSSR count). The van der Waals surface area contributed by atoms with Gasteiger partial charge in [-0.15, -0.1) is 0 Å². The number of ketones is 1. The Morgan fingerprint density at radius 1 is 1.58 bits per heavy atom. The SMILES string of the molecule is CC(=O)/C=C/c1cncnc1C. The summed E-state index contributed by atoms with van der Waals surface area (Å²) in [7, 11) is 0. The molecule has 0 saturated heterocycles. The number of carbonyl (C=O) groups is 1. The fourth-order valence-electron chi connectivity index (χ4n) is 0.772. The molecule has 12 heavy (non-hydrogen) atoms. The van der Waals surface area contributed by atoms with Gasteiger partial charge in [0.15, 0.2) is 5.78 Å². The molecule has 0 N–H and O–H groups in total. The van der Waals surface area contributed by atoms with Gasteiger partial charge in [-0.1, -0.05) is 0 Å². The lowest BCUT2D eigenvalue weighted by Gasteiger charge is -1.94. The molecular formula is C9H10N2O. The van der Waals surface area contributed by atoms with Gasteiger partial charge in [0.25, 0.3) is 0 Å². The summed E-state index contributed by atoms with van der Waals surface area (Å²) >= 11 is 0. The van der Waals surface area contributed by atoms with Crippen molar-refractivity contribution in [3.8, 4) is 0 Å². The lowest BCUT2D eigenvalue weighted by Crippen LogP contribution is -1.88. The highest BCUT2D eigenvalue weighted by Crippen LogP contribution is 2.03. The minimum Gasteiger partial charge on any atom is -0.295 e. The van der Waals surface area contributed by atoms with Crippen LogP contribution < -0.4 is 0 Å². The molecule has 0 amide bonds. The van der Waals surface area contributed by atoms with Gasteiger partial charge < -0.3 is 0 Å². The lowest BCUT2D eigenvalue weighted by atomic mass is 10.2. The van der Waals surface area contributed by atoms with E-state index in [1.165, 1.54) is 19.3 Å². The summed E-state index contributed by atoms with van der Waals surface area (Å²) < 4.78 is 0. The first kappa shape index (κ1) is 8.59. The van der Waals surface area contributed by atoms with Gasteiger partial charge in [0.2, 0.25) is 0 Å². The van der Waals surface area contributed by atoms with E-state index >= 15 is 0 Å². The van der Waals surface area contributed by atoms with E-state index in [0.29, 0.717) is 0 Å². The molecule has 1 aromatic rings. The van der Waals surface area contributed by atoms with E-state index < -0.39 is 0 Å². The first-order valence-corrected chi connectivity index (χ1v) is 3.65. The first-order valence-electron chi connectivity index (χ1n) is 3.65. The fourth-order valence-corrected chi connectivity index (χ4v) is 0.772. The number of allylic oxidation sites excluding steroid dienone is 1. The van der Waals surface area contributed by atoms with Crippen LogP contribution in [0.2, 0.25) is 0 Å². The smallest absolute Gasteiger partial charge is 0.152 e. The van der Waals surface area contributed by atoms with Gasteiger partial charge in [0, 0.05) is 17.5 Å². The predicted octanol–water partition coefficient (Wildman–Crippen LogP) is 1.39. The van der Waals surface area contributed by atoms with E-state index in [1.54, 1.807) is 12.3 Å². The van der Waals surface area contributed by atoms with Crippen molar-refractivity contribution in [1.82, 2.24) is 9.97 Å². The van der Waals surface area contributed by atoms with E-state index in [9.17, 15) is 4.79 Å². The van der Waals surface area contributed by atoms with Crippen molar-refractivity contribution in [3.63, 3.8) is 0 Å². The van der Waals surface area contributed by atoms with Gasteiger partial charge in [-0.2, -0.15) is 0 Å². The molecule has 0 aromatic carbocycles. The Bertz CT molecular complexity index is 318. The molecule has 0 bridgehead atoms. The van der Waals surface area contributed by atoms with E-state index in [-0.39, 0.29) is 5.78 Å². The second kappa shape index (κ2) is 3.76. The van der Waals surface area contributed by atoms with Crippen LogP contribution in [0, 0.1) is 6.92 Å². The number of nitrogens with zero attached hydrogens (tertiary/aromatic N) is 2. The molecule has 1 heterocycles. The minimum atomic E-state index is 0.0262. The van der Waals surface area contributed by atoms with Crippen LogP contribution >= 0.6 is 0 Å². The Kier molecular flexibility index (Phi) is 2.69. The highest BCUT2D eigenvalue weighted by Gasteiger charge is 1.93. The Hall–Kier alpha value is -1.51. The molecule has 0 unspecified atom stereocenters. The van der Waals surface area contributed by atoms with Gasteiger partial charge in [-0.25, -0.2) is 9.97 Å². The van der Waals surface area contributed by atoms with Crippen LogP contribution in [-0.2, 0) is 4.79 Å². The Morgan fingerprint density at radius 2 is 2.33 bits per heavy atom. The van der Waals surface area contributed by atoms with Crippen LogP contribution in [0.5, 0.6) is 0 Å². The third-order valence-corrected chi connectivity index (χ3v) is 1.45. The summed E-state index contributed by atoms with van der Waals surface area (Å²) in [6.45, 7) is 3.39. The topological polar surface area (TPSA) is 42.9 Å². The highest BCUT2D eigenvalue weighted by molar-refractivity contribution is 5.91. The molecule has 3 heteroatoms. The van der Waals surface area contributed by atoms with Gasteiger partial charge in [0.05, 0.1) is 0 Å². The molecule has 0 aliphatic heterocycles. The van der Waals surface area contributed by atoms with Crippen molar-refractivity contribution in [2.24, 2.45) is 0 Å². The number of aryl methyl sites for hydroxylation is 1. The normalized spacial score (nSPS) is 10.5. The van der Waals surface area contributed by atoms with E-state index in [4.69, 9.17) is 0 Å². The summed E-state index contributed by atoms with van der Waals surface area (Å²) in [6, 6.07) is 0. The van der Waals surface area contributed by atoms with Gasteiger partial charge >= 0.3 is 0 Å². The zero-order valence-electron chi connectivity index (χ0n) is 7.11. The number of hydrogen-bond donors (Lipinski definition) is 0. The zero-order chi connectivity index (χ0) is 8.97. The maximum absolute atomic E-state index is 10.6. The van der Waals surface area contributed by atoms with E-state index in [0.717, 1.165) is 11.3 Å². The molecular weight excluding hydrogens is 152 g/mol. The maximum Gasteiger partial charge on any atom is 0.152 e. The Balaban J connectivity index is 2.89. The number of hydrogen-bond acceptors (Lipinski definition) is 3. The predicted molar refractivity (Wildman–Crippen MR) is 46.5 cm³/mol. The number of carbonyl (C=O) groups excluding carboxylic acids is 1. The summed E-state index contributed by atoms with van der Waals surface area (Å²) in [6.07, 6.45) is 6.39. The van der Waals surface area contributed by atoms with Gasteiger partial charge in [0.1, 0.15) is 6.33 Å². The number of aromatic nitrogens is 2. The van der Waals surface area contributed by atoms with Crippen LogP contribution in [0.3, 0.4) is 0 Å². The summed E-state index contributed by atoms with van der Waals surface area (Å²) in [4.78, 5) is 18.4. The minimum absolute atomic E-state index is 0.0262. The summed E-state index contributed by atoms with van der Waals surface area (Å²) in [5.41, 5.74) is 1.76. The third-order valence-electron chi connectivity index (χ3n) is 1.45. The summed E-state index contributed by atoms with van der Waals surface area (Å²) in [5, 5.41) is 0. The quantitative estimate of drug-likeness (QED) is 0.617. The second-order valence-electron chi connectivity index (χ2n) is 2.51. The molecule has 62 valence electrons. The lowest BCUT2D eigenvalue weighted by molar-refractivity contribution is -0.112. The Morgan fingerprint density at radius 3 is 2.92 bits per heavy atom. The standard InChI is InChI=1S/C9H10N2O/c1-7(12)3-4-9-5-10-6-11-8(9)2/h3-6H,1-2H3/b4-3+. The van der Waals surface area contributed by atoms with Crippen molar-refractivity contribution < 1.29 is 4.79 Å². The molecule has 0 saturated carbocycles. The van der Waals surface area contributed by atoms with Crippen LogP contribution in [0.4, 0.5) is 0 Å². The van der Waals surface area contributed by atoms with E-state index in [1.807, 2.05) is 6.92 Å². The van der Waals surface area contributed by atoms with Gasteiger partial charge in [-0.05, 0) is 26.0 Å². The van der Waals surface area contributed by atoms with Crippen LogP contribution in [0.25, 0.3) is 6.08 Å². The monoisotopic (exact) mass is 162 g/mol. The highest BCUT2D eigenvalue weighted by atomic mass is 16.1. The molecule has 0 aliphatic carbocycles. The number of rotatable bonds is 2. The fraction of sp³-hybridized carbons (Fsp3) is 0.222. The van der Waals surface area contributed by atoms with Crippen LogP contribution in [-0.4, -0.2) is 15.8 Å². The largest absolute Gasteiger partial charge is 0.295 e. The molecule has 0 aliphatic rings. The van der Waals surface area contributed by atoms with Crippen LogP contribution in [0.15, 0.2) is 18.6 Å². The average molecular weight is 162 g/mol. The zero-order valence-corrected chi connectivity index (χ0v) is 7.11. The molecule has 0 atom stereocenters. The first-order chi connectivity index (χ1) is 5.70. The molecule has 1 aromatic heterocycles. The van der Waals surface area contributed by atoms with Crippen LogP contribution in [0.1, 0.15) is 18.2 Å². The molecule has 0 fully saturated rings. The van der Waals surface area contributed by atoms with Crippen molar-refractivity contribution in [1.29, 1.82) is 0 Å². The Labute approximate surface area is 71.2 Å². The van der Waals surface area contributed by atoms with Crippen molar-refractivity contribution in [2.75, 3.05) is 0 Å². The maximum atomic E-state index is 10.6. The van der Waals surface area contributed by atoms with Gasteiger partial charge in [-0.3, -0.25) is 4.79 Å². The average Bonchev–Trinajstić information content (AvgIpc) is 2.03. The molecule has 0 spiro atoms. The van der Waals surface area contributed by atoms with Crippen molar-refractivity contribution in [2.45, 2.75) is 13.8 Å². The molecule has 3 nitrogen and oxygen atoms in total. The second-order valence-corrected chi connectivity index (χ2v) is 2.51.